The highest BCUT2D eigenvalue weighted by molar-refractivity contribution is 5.94. The number of nitrogens with one attached hydrogen (secondary N) is 2. The summed E-state index contributed by atoms with van der Waals surface area (Å²) in [4.78, 5) is 23.8. The van der Waals surface area contributed by atoms with Crippen LogP contribution >= 0.6 is 0 Å². The Morgan fingerprint density at radius 1 is 1.18 bits per heavy atom. The van der Waals surface area contributed by atoms with E-state index >= 15 is 0 Å². The number of nitrogen functional groups attached to an aromatic ring is 1. The first kappa shape index (κ1) is 22.7. The molecule has 0 aliphatic rings. The maximum absolute atomic E-state index is 12.7. The summed E-state index contributed by atoms with van der Waals surface area (Å²) in [6, 6.07) is 13.1. The van der Waals surface area contributed by atoms with Crippen LogP contribution in [0.2, 0.25) is 0 Å². The number of rotatable bonds is 9. The smallest absolute Gasteiger partial charge is 0.349 e. The predicted molar refractivity (Wildman–Crippen MR) is 127 cm³/mol. The van der Waals surface area contributed by atoms with Gasteiger partial charge in [0.15, 0.2) is 17.3 Å². The second-order valence-corrected chi connectivity index (χ2v) is 7.50. The third kappa shape index (κ3) is 4.80. The van der Waals surface area contributed by atoms with Gasteiger partial charge in [-0.1, -0.05) is 30.3 Å². The zero-order chi connectivity index (χ0) is 24.1. The Morgan fingerprint density at radius 2 is 1.97 bits per heavy atom. The van der Waals surface area contributed by atoms with E-state index in [1.165, 1.54) is 23.3 Å². The first-order valence-corrected chi connectivity index (χ1v) is 10.7. The van der Waals surface area contributed by atoms with Gasteiger partial charge in [0.1, 0.15) is 11.7 Å². The summed E-state index contributed by atoms with van der Waals surface area (Å²) in [7, 11) is 1.59. The Hall–Kier alpha value is -4.47. The number of amidine groups is 1. The molecule has 0 bridgehead atoms. The number of hydrogen-bond donors (Lipinski definition) is 3. The Balaban J connectivity index is 1.78. The maximum Gasteiger partial charge on any atom is 0.349 e. The van der Waals surface area contributed by atoms with Crippen LogP contribution in [0.1, 0.15) is 35.4 Å². The van der Waals surface area contributed by atoms with Crippen LogP contribution in [0, 0.1) is 5.41 Å². The number of aromatic amines is 1. The lowest BCUT2D eigenvalue weighted by Crippen LogP contribution is -2.17. The average Bonchev–Trinajstić information content (AvgIpc) is 3.24. The van der Waals surface area contributed by atoms with Crippen molar-refractivity contribution in [1.82, 2.24) is 24.7 Å². The van der Waals surface area contributed by atoms with Crippen LogP contribution < -0.4 is 20.9 Å². The molecule has 1 atom stereocenters. The minimum absolute atomic E-state index is 0.00616. The van der Waals surface area contributed by atoms with E-state index in [1.807, 2.05) is 37.3 Å². The topological polar surface area (TPSA) is 145 Å². The summed E-state index contributed by atoms with van der Waals surface area (Å²) in [6.07, 6.45) is 5.04. The van der Waals surface area contributed by atoms with Crippen LogP contribution in [0.5, 0.6) is 11.5 Å². The van der Waals surface area contributed by atoms with Gasteiger partial charge in [0.05, 0.1) is 19.9 Å². The number of nitrogens with two attached hydrogens (primary N) is 1. The molecule has 0 saturated heterocycles. The number of H-pyrrole nitrogens is 1. The zero-order valence-corrected chi connectivity index (χ0v) is 18.9. The SMILES string of the molecule is CCOc1cc(C(Cc2ccc(C(=N)N)cc2)c2nn(-c3cnccn3)c(=O)[nH]2)ccc1OC. The quantitative estimate of drug-likeness (QED) is 0.257. The lowest BCUT2D eigenvalue weighted by atomic mass is 9.90. The van der Waals surface area contributed by atoms with Crippen molar-refractivity contribution >= 4 is 5.84 Å². The molecule has 4 rings (SSSR count). The van der Waals surface area contributed by atoms with Crippen molar-refractivity contribution in [2.24, 2.45) is 5.73 Å². The summed E-state index contributed by atoms with van der Waals surface area (Å²) in [5, 5.41) is 12.2. The molecule has 2 aromatic carbocycles. The molecule has 0 aliphatic carbocycles. The minimum atomic E-state index is -0.411. The number of methoxy groups -OCH3 is 1. The number of hydrogen-bond acceptors (Lipinski definition) is 7. The summed E-state index contributed by atoms with van der Waals surface area (Å²) < 4.78 is 12.4. The normalized spacial score (nSPS) is 11.7. The Labute approximate surface area is 195 Å². The van der Waals surface area contributed by atoms with Crippen LogP contribution in [0.4, 0.5) is 0 Å². The van der Waals surface area contributed by atoms with Crippen molar-refractivity contribution < 1.29 is 9.47 Å². The molecule has 0 radical (unpaired) electrons. The van der Waals surface area contributed by atoms with Crippen LogP contribution in [-0.4, -0.2) is 44.3 Å². The van der Waals surface area contributed by atoms with Crippen molar-refractivity contribution in [3.63, 3.8) is 0 Å². The molecule has 10 heteroatoms. The van der Waals surface area contributed by atoms with Crippen molar-refractivity contribution in [1.29, 1.82) is 5.41 Å². The van der Waals surface area contributed by atoms with E-state index in [4.69, 9.17) is 20.6 Å². The lowest BCUT2D eigenvalue weighted by molar-refractivity contribution is 0.310. The summed E-state index contributed by atoms with van der Waals surface area (Å²) in [5.41, 5.74) is 7.69. The molecular formula is C24H25N7O3. The van der Waals surface area contributed by atoms with Crippen LogP contribution in [-0.2, 0) is 6.42 Å². The molecule has 0 fully saturated rings. The van der Waals surface area contributed by atoms with E-state index in [9.17, 15) is 4.79 Å². The van der Waals surface area contributed by atoms with Crippen LogP contribution in [0.15, 0.2) is 65.8 Å². The van der Waals surface area contributed by atoms with E-state index < -0.39 is 5.69 Å². The molecule has 0 saturated carbocycles. The molecule has 0 spiro atoms. The fraction of sp³-hybridized carbons (Fsp3) is 0.208. The second-order valence-electron chi connectivity index (χ2n) is 7.50. The van der Waals surface area contributed by atoms with Gasteiger partial charge in [0, 0.05) is 23.9 Å². The summed E-state index contributed by atoms with van der Waals surface area (Å²) in [5.74, 6) is 1.72. The maximum atomic E-state index is 12.7. The summed E-state index contributed by atoms with van der Waals surface area (Å²) >= 11 is 0. The first-order chi connectivity index (χ1) is 16.5. The predicted octanol–water partition coefficient (Wildman–Crippen LogP) is 2.42. The van der Waals surface area contributed by atoms with E-state index in [-0.39, 0.29) is 11.8 Å². The largest absolute Gasteiger partial charge is 0.493 e. The van der Waals surface area contributed by atoms with Crippen molar-refractivity contribution in [3.05, 3.63) is 94.1 Å². The fourth-order valence-corrected chi connectivity index (χ4v) is 3.66. The first-order valence-electron chi connectivity index (χ1n) is 10.7. The van der Waals surface area contributed by atoms with Crippen molar-refractivity contribution in [2.45, 2.75) is 19.3 Å². The van der Waals surface area contributed by atoms with Gasteiger partial charge in [-0.15, -0.1) is 5.10 Å². The van der Waals surface area contributed by atoms with E-state index in [0.29, 0.717) is 41.7 Å². The minimum Gasteiger partial charge on any atom is -0.493 e. The van der Waals surface area contributed by atoms with E-state index in [1.54, 1.807) is 19.2 Å². The number of aromatic nitrogens is 5. The highest BCUT2D eigenvalue weighted by Gasteiger charge is 2.23. The van der Waals surface area contributed by atoms with Gasteiger partial charge >= 0.3 is 5.69 Å². The zero-order valence-electron chi connectivity index (χ0n) is 18.9. The molecule has 0 aliphatic heterocycles. The lowest BCUT2D eigenvalue weighted by Gasteiger charge is -2.18. The Morgan fingerprint density at radius 3 is 2.62 bits per heavy atom. The van der Waals surface area contributed by atoms with Gasteiger partial charge in [-0.05, 0) is 36.6 Å². The summed E-state index contributed by atoms with van der Waals surface area (Å²) in [6.45, 7) is 2.38. The third-order valence-electron chi connectivity index (χ3n) is 5.33. The number of benzene rings is 2. The third-order valence-corrected chi connectivity index (χ3v) is 5.33. The standard InChI is InChI=1S/C24H25N7O3/c1-3-34-20-13-17(8-9-19(20)33-2)18(12-15-4-6-16(7-5-15)22(25)26)23-29-24(32)31(30-23)21-14-27-10-11-28-21/h4-11,13-14,18H,3,12H2,1-2H3,(H3,25,26)(H,29,30,32). The highest BCUT2D eigenvalue weighted by atomic mass is 16.5. The van der Waals surface area contributed by atoms with Crippen molar-refractivity contribution in [2.75, 3.05) is 13.7 Å². The van der Waals surface area contributed by atoms with Gasteiger partial charge in [-0.3, -0.25) is 15.4 Å². The molecule has 34 heavy (non-hydrogen) atoms. The molecule has 2 heterocycles. The number of ether oxygens (including phenoxy) is 2. The van der Waals surface area contributed by atoms with Crippen LogP contribution in [0.3, 0.4) is 0 Å². The van der Waals surface area contributed by atoms with Crippen molar-refractivity contribution in [3.8, 4) is 17.3 Å². The van der Waals surface area contributed by atoms with Gasteiger partial charge in [-0.2, -0.15) is 4.68 Å². The molecule has 4 N–H and O–H groups in total. The van der Waals surface area contributed by atoms with Gasteiger partial charge in [-0.25, -0.2) is 9.78 Å². The highest BCUT2D eigenvalue weighted by Crippen LogP contribution is 2.34. The monoisotopic (exact) mass is 459 g/mol. The molecule has 0 amide bonds. The molecule has 10 nitrogen and oxygen atoms in total. The van der Waals surface area contributed by atoms with E-state index in [0.717, 1.165) is 11.1 Å². The van der Waals surface area contributed by atoms with Gasteiger partial charge < -0.3 is 15.2 Å². The Kier molecular flexibility index (Phi) is 6.67. The number of nitrogens with zero attached hydrogens (tertiary/aromatic N) is 4. The Bertz CT molecular complexity index is 1330. The molecule has 174 valence electrons. The van der Waals surface area contributed by atoms with Crippen LogP contribution in [0.25, 0.3) is 5.82 Å². The average molecular weight is 460 g/mol. The van der Waals surface area contributed by atoms with Gasteiger partial charge in [0.2, 0.25) is 0 Å². The van der Waals surface area contributed by atoms with Gasteiger partial charge in [0.25, 0.3) is 0 Å². The van der Waals surface area contributed by atoms with E-state index in [2.05, 4.69) is 20.1 Å². The molecule has 1 unspecified atom stereocenters. The molecule has 2 aromatic heterocycles. The molecular weight excluding hydrogens is 434 g/mol. The molecule has 4 aromatic rings. The second kappa shape index (κ2) is 9.99. The fourth-order valence-electron chi connectivity index (χ4n) is 3.66.